The molecular formula is C17H17FN6O. The molecule has 4 rings (SSSR count). The van der Waals surface area contributed by atoms with Gasteiger partial charge in [0, 0.05) is 31.5 Å². The van der Waals surface area contributed by atoms with Crippen LogP contribution in [0.2, 0.25) is 0 Å². The van der Waals surface area contributed by atoms with Crippen LogP contribution in [-0.2, 0) is 11.2 Å². The Bertz CT molecular complexity index is 911. The van der Waals surface area contributed by atoms with E-state index < -0.39 is 0 Å². The number of rotatable bonds is 4. The number of carbonyl (C=O) groups is 1. The van der Waals surface area contributed by atoms with Gasteiger partial charge < -0.3 is 10.2 Å². The molecule has 0 saturated carbocycles. The largest absolute Gasteiger partial charge is 0.351 e. The van der Waals surface area contributed by atoms with Crippen LogP contribution in [0.3, 0.4) is 0 Å². The van der Waals surface area contributed by atoms with Gasteiger partial charge in [0.25, 0.3) is 0 Å². The zero-order valence-electron chi connectivity index (χ0n) is 13.5. The number of fused-ring (bicyclic) bond motifs is 1. The number of carbonyl (C=O) groups excluding carboxylic acids is 1. The first-order valence-electron chi connectivity index (χ1n) is 8.13. The van der Waals surface area contributed by atoms with Gasteiger partial charge in [-0.1, -0.05) is 18.2 Å². The van der Waals surface area contributed by atoms with Crippen molar-refractivity contribution in [3.63, 3.8) is 0 Å². The van der Waals surface area contributed by atoms with Crippen LogP contribution in [-0.4, -0.2) is 44.6 Å². The summed E-state index contributed by atoms with van der Waals surface area (Å²) in [6, 6.07) is 6.35. The average Bonchev–Trinajstić information content (AvgIpc) is 3.25. The Hall–Kier alpha value is -3.03. The molecule has 1 atom stereocenters. The van der Waals surface area contributed by atoms with E-state index in [9.17, 15) is 9.18 Å². The van der Waals surface area contributed by atoms with E-state index in [0.717, 1.165) is 18.8 Å². The van der Waals surface area contributed by atoms with E-state index in [0.29, 0.717) is 17.8 Å². The van der Waals surface area contributed by atoms with E-state index in [1.807, 2.05) is 4.40 Å². The number of benzene rings is 1. The molecular weight excluding hydrogens is 323 g/mol. The summed E-state index contributed by atoms with van der Waals surface area (Å²) in [5.41, 5.74) is 1.10. The fraction of sp³-hybridized carbons (Fsp3) is 0.294. The zero-order valence-corrected chi connectivity index (χ0v) is 13.5. The molecule has 0 radical (unpaired) electrons. The number of hydrogen-bond donors (Lipinski definition) is 1. The predicted octanol–water partition coefficient (Wildman–Crippen LogP) is 1.20. The molecule has 1 N–H and O–H groups in total. The van der Waals surface area contributed by atoms with Crippen LogP contribution in [0.25, 0.3) is 5.65 Å². The van der Waals surface area contributed by atoms with Crippen molar-refractivity contribution in [1.29, 1.82) is 0 Å². The number of nitrogens with one attached hydrogen (secondary N) is 1. The van der Waals surface area contributed by atoms with Crippen molar-refractivity contribution in [1.82, 2.24) is 24.9 Å². The van der Waals surface area contributed by atoms with Crippen molar-refractivity contribution >= 4 is 17.4 Å². The minimum atomic E-state index is -0.353. The second kappa shape index (κ2) is 6.46. The van der Waals surface area contributed by atoms with Gasteiger partial charge in [0.05, 0.1) is 6.42 Å². The number of anilines is 1. The summed E-state index contributed by atoms with van der Waals surface area (Å²) >= 11 is 0. The Morgan fingerprint density at radius 1 is 1.36 bits per heavy atom. The maximum Gasteiger partial charge on any atom is 0.224 e. The lowest BCUT2D eigenvalue weighted by Crippen LogP contribution is -2.38. The highest BCUT2D eigenvalue weighted by Gasteiger charge is 2.26. The average molecular weight is 340 g/mol. The van der Waals surface area contributed by atoms with Gasteiger partial charge in [-0.05, 0) is 18.1 Å². The Kier molecular flexibility index (Phi) is 4.01. The smallest absolute Gasteiger partial charge is 0.224 e. The third-order valence-electron chi connectivity index (χ3n) is 4.36. The fourth-order valence-electron chi connectivity index (χ4n) is 3.13. The SMILES string of the molecule is O=C(Cc1ccccc1F)N[C@H]1CCN(c2nccn3cnnc23)C1. The van der Waals surface area contributed by atoms with Gasteiger partial charge in [-0.3, -0.25) is 9.20 Å². The van der Waals surface area contributed by atoms with Crippen molar-refractivity contribution in [2.24, 2.45) is 0 Å². The van der Waals surface area contributed by atoms with Crippen molar-refractivity contribution in [2.45, 2.75) is 18.9 Å². The van der Waals surface area contributed by atoms with Crippen LogP contribution in [0.1, 0.15) is 12.0 Å². The van der Waals surface area contributed by atoms with Crippen LogP contribution in [0.15, 0.2) is 43.0 Å². The van der Waals surface area contributed by atoms with Crippen molar-refractivity contribution in [3.05, 3.63) is 54.4 Å². The summed E-state index contributed by atoms with van der Waals surface area (Å²) in [5.74, 6) is 0.227. The van der Waals surface area contributed by atoms with Crippen molar-refractivity contribution < 1.29 is 9.18 Å². The summed E-state index contributed by atoms with van der Waals surface area (Å²) in [5, 5.41) is 11.0. The van der Waals surface area contributed by atoms with Gasteiger partial charge in [-0.25, -0.2) is 9.37 Å². The molecule has 0 spiro atoms. The van der Waals surface area contributed by atoms with Crippen LogP contribution in [0, 0.1) is 5.82 Å². The molecule has 2 aromatic heterocycles. The lowest BCUT2D eigenvalue weighted by Gasteiger charge is -2.18. The van der Waals surface area contributed by atoms with Crippen LogP contribution >= 0.6 is 0 Å². The monoisotopic (exact) mass is 340 g/mol. The quantitative estimate of drug-likeness (QED) is 0.772. The molecule has 1 aliphatic heterocycles. The highest BCUT2D eigenvalue weighted by molar-refractivity contribution is 5.79. The normalized spacial score (nSPS) is 17.2. The van der Waals surface area contributed by atoms with E-state index in [2.05, 4.69) is 25.4 Å². The molecule has 3 heterocycles. The molecule has 0 aliphatic carbocycles. The van der Waals surface area contributed by atoms with Crippen LogP contribution in [0.5, 0.6) is 0 Å². The van der Waals surface area contributed by atoms with Gasteiger partial charge >= 0.3 is 0 Å². The molecule has 25 heavy (non-hydrogen) atoms. The minimum absolute atomic E-state index is 0.00394. The summed E-state index contributed by atoms with van der Waals surface area (Å²) in [7, 11) is 0. The Balaban J connectivity index is 1.40. The third-order valence-corrected chi connectivity index (χ3v) is 4.36. The number of hydrogen-bond acceptors (Lipinski definition) is 5. The van der Waals surface area contributed by atoms with E-state index in [1.54, 1.807) is 36.9 Å². The van der Waals surface area contributed by atoms with E-state index in [4.69, 9.17) is 0 Å². The van der Waals surface area contributed by atoms with Crippen LogP contribution in [0.4, 0.5) is 10.2 Å². The Morgan fingerprint density at radius 3 is 3.12 bits per heavy atom. The molecule has 1 aromatic carbocycles. The number of aromatic nitrogens is 4. The molecule has 1 amide bonds. The standard InChI is InChI=1S/C17H17FN6O/c18-14-4-2-1-3-12(14)9-15(25)21-13-5-7-23(10-13)16-17-22-20-11-24(17)8-6-19-16/h1-4,6,8,11,13H,5,7,9-10H2,(H,21,25)/t13-/m0/s1. The molecule has 128 valence electrons. The lowest BCUT2D eigenvalue weighted by molar-refractivity contribution is -0.121. The van der Waals surface area contributed by atoms with Crippen LogP contribution < -0.4 is 10.2 Å². The summed E-state index contributed by atoms with van der Waals surface area (Å²) in [6.45, 7) is 1.41. The minimum Gasteiger partial charge on any atom is -0.351 e. The molecule has 7 nitrogen and oxygen atoms in total. The number of nitrogens with zero attached hydrogens (tertiary/aromatic N) is 5. The molecule has 0 unspecified atom stereocenters. The Morgan fingerprint density at radius 2 is 2.24 bits per heavy atom. The van der Waals surface area contributed by atoms with Gasteiger partial charge in [-0.2, -0.15) is 0 Å². The van der Waals surface area contributed by atoms with Gasteiger partial charge in [-0.15, -0.1) is 10.2 Å². The first kappa shape index (κ1) is 15.5. The van der Waals surface area contributed by atoms with Gasteiger partial charge in [0.15, 0.2) is 5.82 Å². The Labute approximate surface area is 143 Å². The maximum atomic E-state index is 13.7. The zero-order chi connectivity index (χ0) is 17.2. The van der Waals surface area contributed by atoms with Gasteiger partial charge in [0.2, 0.25) is 11.6 Å². The molecule has 1 aliphatic rings. The van der Waals surface area contributed by atoms with E-state index in [-0.39, 0.29) is 24.2 Å². The predicted molar refractivity (Wildman–Crippen MR) is 89.6 cm³/mol. The van der Waals surface area contributed by atoms with Gasteiger partial charge in [0.1, 0.15) is 12.1 Å². The maximum absolute atomic E-state index is 13.7. The lowest BCUT2D eigenvalue weighted by atomic mass is 10.1. The molecule has 8 heteroatoms. The number of amides is 1. The second-order valence-corrected chi connectivity index (χ2v) is 6.08. The third kappa shape index (κ3) is 3.15. The van der Waals surface area contributed by atoms with E-state index in [1.165, 1.54) is 6.07 Å². The van der Waals surface area contributed by atoms with Crippen molar-refractivity contribution in [2.75, 3.05) is 18.0 Å². The molecule has 1 fully saturated rings. The first-order chi connectivity index (χ1) is 12.2. The topological polar surface area (TPSA) is 75.4 Å². The van der Waals surface area contributed by atoms with E-state index >= 15 is 0 Å². The summed E-state index contributed by atoms with van der Waals surface area (Å²) in [4.78, 5) is 18.7. The first-order valence-corrected chi connectivity index (χ1v) is 8.13. The molecule has 3 aromatic rings. The highest BCUT2D eigenvalue weighted by atomic mass is 19.1. The molecule has 0 bridgehead atoms. The summed E-state index contributed by atoms with van der Waals surface area (Å²) in [6.07, 6.45) is 5.98. The summed E-state index contributed by atoms with van der Waals surface area (Å²) < 4.78 is 15.5. The highest BCUT2D eigenvalue weighted by Crippen LogP contribution is 2.21. The molecule has 1 saturated heterocycles. The number of halogens is 1. The van der Waals surface area contributed by atoms with Crippen molar-refractivity contribution in [3.8, 4) is 0 Å². The fourth-order valence-corrected chi connectivity index (χ4v) is 3.13. The second-order valence-electron chi connectivity index (χ2n) is 6.08.